The first kappa shape index (κ1) is 12.5. The summed E-state index contributed by atoms with van der Waals surface area (Å²) < 4.78 is 5.80. The topological polar surface area (TPSA) is 49.8 Å². The number of nitrogens with zero attached hydrogens (tertiary/aromatic N) is 1. The Balaban J connectivity index is 2.00. The van der Waals surface area contributed by atoms with Crippen molar-refractivity contribution < 1.29 is 14.6 Å². The zero-order valence-corrected chi connectivity index (χ0v) is 11.1. The van der Waals surface area contributed by atoms with Crippen molar-refractivity contribution in [3.05, 3.63) is 29.3 Å². The molecule has 2 unspecified atom stereocenters. The standard InChI is InChI=1S/C15H19NO3/c1-10-5-6-11(15(17)18)13(9-10)16-7-8-19-14-4-2-3-12(14)16/h5-6,9,12,14H,2-4,7-8H2,1H3,(H,17,18). The number of rotatable bonds is 2. The predicted molar refractivity (Wildman–Crippen MR) is 72.9 cm³/mol. The molecule has 1 saturated heterocycles. The van der Waals surface area contributed by atoms with Gasteiger partial charge in [-0.1, -0.05) is 6.07 Å². The predicted octanol–water partition coefficient (Wildman–Crippen LogP) is 2.45. The Hall–Kier alpha value is -1.55. The molecule has 4 nitrogen and oxygen atoms in total. The van der Waals surface area contributed by atoms with E-state index < -0.39 is 5.97 Å². The fourth-order valence-electron chi connectivity index (χ4n) is 3.28. The molecule has 0 spiro atoms. The Labute approximate surface area is 113 Å². The minimum absolute atomic E-state index is 0.274. The number of aromatic carboxylic acids is 1. The molecule has 0 bridgehead atoms. The molecule has 1 aliphatic carbocycles. The van der Waals surface area contributed by atoms with Gasteiger partial charge in [0.2, 0.25) is 0 Å². The minimum Gasteiger partial charge on any atom is -0.478 e. The second-order valence-electron chi connectivity index (χ2n) is 5.43. The summed E-state index contributed by atoms with van der Waals surface area (Å²) in [5.41, 5.74) is 2.35. The number of hydrogen-bond acceptors (Lipinski definition) is 3. The van der Waals surface area contributed by atoms with E-state index in [-0.39, 0.29) is 6.10 Å². The van der Waals surface area contributed by atoms with E-state index in [0.29, 0.717) is 18.2 Å². The Bertz CT molecular complexity index is 500. The first-order valence-electron chi connectivity index (χ1n) is 6.89. The van der Waals surface area contributed by atoms with Crippen LogP contribution in [0.2, 0.25) is 0 Å². The van der Waals surface area contributed by atoms with Crippen LogP contribution in [0.25, 0.3) is 0 Å². The van der Waals surface area contributed by atoms with Gasteiger partial charge in [0.25, 0.3) is 0 Å². The molecule has 1 saturated carbocycles. The van der Waals surface area contributed by atoms with E-state index in [1.165, 1.54) is 6.42 Å². The first-order valence-corrected chi connectivity index (χ1v) is 6.89. The largest absolute Gasteiger partial charge is 0.478 e. The lowest BCUT2D eigenvalue weighted by molar-refractivity contribution is 0.0254. The maximum Gasteiger partial charge on any atom is 0.337 e. The van der Waals surface area contributed by atoms with Crippen molar-refractivity contribution in [3.63, 3.8) is 0 Å². The summed E-state index contributed by atoms with van der Waals surface area (Å²) in [7, 11) is 0. The molecule has 1 aromatic rings. The van der Waals surface area contributed by atoms with Gasteiger partial charge in [0.05, 0.1) is 30.0 Å². The van der Waals surface area contributed by atoms with E-state index in [0.717, 1.165) is 30.6 Å². The van der Waals surface area contributed by atoms with Crippen LogP contribution in [0.4, 0.5) is 5.69 Å². The maximum absolute atomic E-state index is 11.4. The van der Waals surface area contributed by atoms with Gasteiger partial charge in [-0.05, 0) is 43.9 Å². The number of ether oxygens (including phenoxy) is 1. The van der Waals surface area contributed by atoms with Gasteiger partial charge in [-0.3, -0.25) is 0 Å². The first-order chi connectivity index (χ1) is 9.16. The molecule has 2 fully saturated rings. The van der Waals surface area contributed by atoms with Gasteiger partial charge in [-0.25, -0.2) is 4.79 Å². The molecule has 2 aliphatic rings. The Morgan fingerprint density at radius 2 is 2.26 bits per heavy atom. The van der Waals surface area contributed by atoms with Gasteiger partial charge in [0.15, 0.2) is 0 Å². The average Bonchev–Trinajstić information content (AvgIpc) is 2.86. The molecule has 0 amide bonds. The SMILES string of the molecule is Cc1ccc(C(=O)O)c(N2CCOC3CCCC32)c1. The van der Waals surface area contributed by atoms with Crippen LogP contribution in [0, 0.1) is 6.92 Å². The third-order valence-corrected chi connectivity index (χ3v) is 4.18. The fourth-order valence-corrected chi connectivity index (χ4v) is 3.28. The Morgan fingerprint density at radius 3 is 3.05 bits per heavy atom. The fraction of sp³-hybridized carbons (Fsp3) is 0.533. The van der Waals surface area contributed by atoms with Crippen LogP contribution >= 0.6 is 0 Å². The lowest BCUT2D eigenvalue weighted by Crippen LogP contribution is -2.49. The van der Waals surface area contributed by atoms with Crippen LogP contribution in [-0.2, 0) is 4.74 Å². The van der Waals surface area contributed by atoms with Gasteiger partial charge in [-0.15, -0.1) is 0 Å². The summed E-state index contributed by atoms with van der Waals surface area (Å²) in [5.74, 6) is -0.851. The zero-order chi connectivity index (χ0) is 13.4. The number of carboxylic acid groups (broad SMARTS) is 1. The summed E-state index contributed by atoms with van der Waals surface area (Å²) in [4.78, 5) is 13.7. The van der Waals surface area contributed by atoms with Crippen molar-refractivity contribution in [2.75, 3.05) is 18.1 Å². The monoisotopic (exact) mass is 261 g/mol. The van der Waals surface area contributed by atoms with Gasteiger partial charge in [-0.2, -0.15) is 0 Å². The number of anilines is 1. The molecular formula is C15H19NO3. The smallest absolute Gasteiger partial charge is 0.337 e. The van der Waals surface area contributed by atoms with Gasteiger partial charge in [0.1, 0.15) is 0 Å². The number of carboxylic acids is 1. The molecule has 1 aromatic carbocycles. The summed E-state index contributed by atoms with van der Waals surface area (Å²) in [5, 5.41) is 9.37. The van der Waals surface area contributed by atoms with Crippen LogP contribution in [0.1, 0.15) is 35.2 Å². The third kappa shape index (κ3) is 2.21. The molecule has 19 heavy (non-hydrogen) atoms. The van der Waals surface area contributed by atoms with E-state index in [2.05, 4.69) is 4.90 Å². The van der Waals surface area contributed by atoms with Crippen LogP contribution in [0.3, 0.4) is 0 Å². The Morgan fingerprint density at radius 1 is 1.42 bits per heavy atom. The lowest BCUT2D eigenvalue weighted by Gasteiger charge is -2.40. The summed E-state index contributed by atoms with van der Waals surface area (Å²) in [6, 6.07) is 5.91. The van der Waals surface area contributed by atoms with Crippen LogP contribution < -0.4 is 4.90 Å². The van der Waals surface area contributed by atoms with Crippen molar-refractivity contribution in [1.82, 2.24) is 0 Å². The normalized spacial score (nSPS) is 26.3. The van der Waals surface area contributed by atoms with Gasteiger partial charge < -0.3 is 14.7 Å². The summed E-state index contributed by atoms with van der Waals surface area (Å²) >= 11 is 0. The van der Waals surface area contributed by atoms with Crippen molar-refractivity contribution >= 4 is 11.7 Å². The molecule has 3 rings (SSSR count). The summed E-state index contributed by atoms with van der Waals surface area (Å²) in [6.45, 7) is 3.47. The Kier molecular flexibility index (Phi) is 3.19. The highest BCUT2D eigenvalue weighted by atomic mass is 16.5. The molecule has 0 radical (unpaired) electrons. The van der Waals surface area contributed by atoms with Gasteiger partial charge in [0, 0.05) is 6.54 Å². The molecule has 0 aromatic heterocycles. The van der Waals surface area contributed by atoms with E-state index in [1.807, 2.05) is 19.1 Å². The van der Waals surface area contributed by atoms with E-state index in [1.54, 1.807) is 6.07 Å². The van der Waals surface area contributed by atoms with Crippen molar-refractivity contribution in [2.24, 2.45) is 0 Å². The molecule has 102 valence electrons. The van der Waals surface area contributed by atoms with E-state index in [9.17, 15) is 9.90 Å². The van der Waals surface area contributed by atoms with Crippen molar-refractivity contribution in [2.45, 2.75) is 38.3 Å². The number of morpholine rings is 1. The third-order valence-electron chi connectivity index (χ3n) is 4.18. The quantitative estimate of drug-likeness (QED) is 0.888. The molecule has 2 atom stereocenters. The summed E-state index contributed by atoms with van der Waals surface area (Å²) in [6.07, 6.45) is 3.63. The van der Waals surface area contributed by atoms with Crippen molar-refractivity contribution in [1.29, 1.82) is 0 Å². The minimum atomic E-state index is -0.851. The number of aryl methyl sites for hydroxylation is 1. The highest BCUT2D eigenvalue weighted by Crippen LogP contribution is 2.35. The number of fused-ring (bicyclic) bond motifs is 1. The second kappa shape index (κ2) is 4.85. The molecule has 1 heterocycles. The number of benzene rings is 1. The highest BCUT2D eigenvalue weighted by molar-refractivity contribution is 5.94. The molecular weight excluding hydrogens is 242 g/mol. The average molecular weight is 261 g/mol. The van der Waals surface area contributed by atoms with Crippen LogP contribution in [0.15, 0.2) is 18.2 Å². The van der Waals surface area contributed by atoms with Crippen LogP contribution in [-0.4, -0.2) is 36.4 Å². The number of carbonyl (C=O) groups is 1. The number of hydrogen-bond donors (Lipinski definition) is 1. The van der Waals surface area contributed by atoms with E-state index in [4.69, 9.17) is 4.74 Å². The second-order valence-corrected chi connectivity index (χ2v) is 5.43. The molecule has 1 aliphatic heterocycles. The van der Waals surface area contributed by atoms with E-state index >= 15 is 0 Å². The van der Waals surface area contributed by atoms with Crippen LogP contribution in [0.5, 0.6) is 0 Å². The maximum atomic E-state index is 11.4. The van der Waals surface area contributed by atoms with Gasteiger partial charge >= 0.3 is 5.97 Å². The van der Waals surface area contributed by atoms with Crippen molar-refractivity contribution in [3.8, 4) is 0 Å². The molecule has 4 heteroatoms. The molecule has 1 N–H and O–H groups in total. The highest BCUT2D eigenvalue weighted by Gasteiger charge is 2.37. The lowest BCUT2D eigenvalue weighted by atomic mass is 10.0. The zero-order valence-electron chi connectivity index (χ0n) is 11.1.